The maximum absolute atomic E-state index is 13.4. The van der Waals surface area contributed by atoms with Crippen molar-refractivity contribution in [2.24, 2.45) is 5.92 Å². The number of hydrogen-bond donors (Lipinski definition) is 5. The first kappa shape index (κ1) is 31.9. The molecule has 0 heterocycles. The number of benzene rings is 3. The Labute approximate surface area is 241 Å². The van der Waals surface area contributed by atoms with Gasteiger partial charge in [0.2, 0.25) is 15.9 Å². The van der Waals surface area contributed by atoms with Crippen molar-refractivity contribution >= 4 is 38.5 Å². The van der Waals surface area contributed by atoms with Gasteiger partial charge in [0.25, 0.3) is 0 Å². The lowest BCUT2D eigenvalue weighted by Crippen LogP contribution is -2.47. The van der Waals surface area contributed by atoms with Gasteiger partial charge in [0.1, 0.15) is 6.04 Å². The Morgan fingerprint density at radius 3 is 2.29 bits per heavy atom. The fraction of sp³-hybridized carbons (Fsp3) is 0.400. The van der Waals surface area contributed by atoms with Gasteiger partial charge in [-0.3, -0.25) is 4.79 Å². The fourth-order valence-electron chi connectivity index (χ4n) is 4.70. The van der Waals surface area contributed by atoms with Crippen LogP contribution in [0.25, 0.3) is 10.8 Å². The highest BCUT2D eigenvalue weighted by Gasteiger charge is 2.31. The number of carboxylic acid groups (broad SMARTS) is 1. The monoisotopic (exact) mass is 584 g/mol. The lowest BCUT2D eigenvalue weighted by atomic mass is 10.0. The number of carbonyl (C=O) groups excluding carboxylic acids is 1. The number of aliphatic hydroxyl groups is 1. The predicted octanol–water partition coefficient (Wildman–Crippen LogP) is 3.60. The van der Waals surface area contributed by atoms with Gasteiger partial charge >= 0.3 is 6.09 Å². The molecule has 0 saturated heterocycles. The number of hydrogen-bond acceptors (Lipinski definition) is 6. The number of sulfonamides is 1. The second-order valence-corrected chi connectivity index (χ2v) is 12.4. The first-order valence-electron chi connectivity index (χ1n) is 13.7. The number of unbranched alkanes of at least 4 members (excludes halogenated alkanes) is 1. The standard InChI is InChI=1S/C30H40N4O6S/c1-21(2)19-34(41(39,40)27-14-12-25(31)13-15-27)26(20-35)9-5-6-16-32-29(36)28(33-30(37)38)18-22-10-11-23-7-3-4-8-24(23)17-22/h3-4,7-8,10-15,17,21,26,28,33,35H,5-6,9,16,18-20,31H2,1-2H3,(H,32,36)(H,37,38). The normalized spacial score (nSPS) is 13.3. The SMILES string of the molecule is CC(C)CN(C(CO)CCCCNC(=O)C(Cc1ccc2ccccc2c1)NC(=O)O)S(=O)(=O)c1ccc(N)cc1. The van der Waals surface area contributed by atoms with E-state index in [4.69, 9.17) is 5.73 Å². The summed E-state index contributed by atoms with van der Waals surface area (Å²) in [6, 6.07) is 17.9. The summed E-state index contributed by atoms with van der Waals surface area (Å²) in [5.74, 6) is -0.403. The Morgan fingerprint density at radius 1 is 0.976 bits per heavy atom. The van der Waals surface area contributed by atoms with Gasteiger partial charge in [0, 0.05) is 31.2 Å². The quantitative estimate of drug-likeness (QED) is 0.135. The van der Waals surface area contributed by atoms with Crippen molar-refractivity contribution in [2.45, 2.75) is 56.5 Å². The van der Waals surface area contributed by atoms with Crippen LogP contribution in [0.5, 0.6) is 0 Å². The van der Waals surface area contributed by atoms with Crippen LogP contribution in [-0.2, 0) is 21.2 Å². The molecule has 0 aliphatic rings. The second kappa shape index (κ2) is 14.8. The average molecular weight is 585 g/mol. The van der Waals surface area contributed by atoms with E-state index in [9.17, 15) is 28.2 Å². The topological polar surface area (TPSA) is 162 Å². The van der Waals surface area contributed by atoms with E-state index in [0.29, 0.717) is 24.9 Å². The van der Waals surface area contributed by atoms with E-state index in [-0.39, 0.29) is 36.9 Å². The molecule has 10 nitrogen and oxygen atoms in total. The van der Waals surface area contributed by atoms with Crippen LogP contribution < -0.4 is 16.4 Å². The third kappa shape index (κ3) is 9.17. The van der Waals surface area contributed by atoms with E-state index in [1.54, 1.807) is 0 Å². The number of anilines is 1. The average Bonchev–Trinajstić information content (AvgIpc) is 2.93. The molecular formula is C30H40N4O6S. The molecule has 3 aromatic carbocycles. The number of fused-ring (bicyclic) bond motifs is 1. The number of nitrogens with two attached hydrogens (primary N) is 1. The Hall–Kier alpha value is -3.67. The minimum absolute atomic E-state index is 0.0353. The number of carbonyl (C=O) groups is 2. The van der Waals surface area contributed by atoms with Gasteiger partial charge in [-0.2, -0.15) is 4.31 Å². The van der Waals surface area contributed by atoms with Gasteiger partial charge in [0.05, 0.1) is 11.5 Å². The summed E-state index contributed by atoms with van der Waals surface area (Å²) in [7, 11) is -3.86. The number of amides is 2. The summed E-state index contributed by atoms with van der Waals surface area (Å²) >= 11 is 0. The maximum atomic E-state index is 13.4. The molecule has 2 atom stereocenters. The van der Waals surface area contributed by atoms with Gasteiger partial charge in [-0.25, -0.2) is 13.2 Å². The van der Waals surface area contributed by atoms with Crippen molar-refractivity contribution in [3.05, 3.63) is 72.3 Å². The first-order valence-corrected chi connectivity index (χ1v) is 15.2. The third-order valence-electron chi connectivity index (χ3n) is 6.78. The number of aliphatic hydroxyl groups excluding tert-OH is 1. The molecule has 0 aromatic heterocycles. The minimum atomic E-state index is -3.86. The smallest absolute Gasteiger partial charge is 0.405 e. The van der Waals surface area contributed by atoms with E-state index in [2.05, 4.69) is 10.6 Å². The molecule has 3 rings (SSSR count). The van der Waals surface area contributed by atoms with Crippen LogP contribution in [0.3, 0.4) is 0 Å². The zero-order valence-corrected chi connectivity index (χ0v) is 24.3. The fourth-order valence-corrected chi connectivity index (χ4v) is 6.51. The third-order valence-corrected chi connectivity index (χ3v) is 8.71. The van der Waals surface area contributed by atoms with E-state index in [1.807, 2.05) is 56.3 Å². The summed E-state index contributed by atoms with van der Waals surface area (Å²) in [4.78, 5) is 24.3. The minimum Gasteiger partial charge on any atom is -0.465 e. The molecule has 0 saturated carbocycles. The summed E-state index contributed by atoms with van der Waals surface area (Å²) in [5, 5.41) is 26.5. The summed E-state index contributed by atoms with van der Waals surface area (Å²) < 4.78 is 28.2. The summed E-state index contributed by atoms with van der Waals surface area (Å²) in [5.41, 5.74) is 7.00. The van der Waals surface area contributed by atoms with Crippen LogP contribution in [0.2, 0.25) is 0 Å². The number of rotatable bonds is 15. The van der Waals surface area contributed by atoms with Crippen molar-refractivity contribution in [3.63, 3.8) is 0 Å². The van der Waals surface area contributed by atoms with Crippen molar-refractivity contribution < 1.29 is 28.2 Å². The van der Waals surface area contributed by atoms with Gasteiger partial charge < -0.3 is 26.6 Å². The highest BCUT2D eigenvalue weighted by molar-refractivity contribution is 7.89. The molecule has 2 amide bonds. The zero-order chi connectivity index (χ0) is 30.0. The van der Waals surface area contributed by atoms with Gasteiger partial charge in [-0.15, -0.1) is 0 Å². The molecular weight excluding hydrogens is 544 g/mol. The molecule has 0 spiro atoms. The predicted molar refractivity (Wildman–Crippen MR) is 160 cm³/mol. The van der Waals surface area contributed by atoms with Crippen molar-refractivity contribution in [1.82, 2.24) is 14.9 Å². The van der Waals surface area contributed by atoms with Crippen LogP contribution in [0.1, 0.15) is 38.7 Å². The number of nitrogen functional groups attached to an aromatic ring is 1. The largest absolute Gasteiger partial charge is 0.465 e. The number of nitrogens with zero attached hydrogens (tertiary/aromatic N) is 1. The van der Waals surface area contributed by atoms with Crippen molar-refractivity contribution in [3.8, 4) is 0 Å². The van der Waals surface area contributed by atoms with E-state index in [0.717, 1.165) is 16.3 Å². The van der Waals surface area contributed by atoms with Crippen LogP contribution >= 0.6 is 0 Å². The van der Waals surface area contributed by atoms with Crippen molar-refractivity contribution in [1.29, 1.82) is 0 Å². The Bertz CT molecular complexity index is 1410. The van der Waals surface area contributed by atoms with Crippen LogP contribution in [0.4, 0.5) is 10.5 Å². The van der Waals surface area contributed by atoms with E-state index < -0.39 is 34.1 Å². The summed E-state index contributed by atoms with van der Waals surface area (Å²) in [6.07, 6.45) is 0.363. The maximum Gasteiger partial charge on any atom is 0.405 e. The lowest BCUT2D eigenvalue weighted by Gasteiger charge is -2.31. The molecule has 0 bridgehead atoms. The molecule has 0 aliphatic heterocycles. The Kier molecular flexibility index (Phi) is 11.5. The molecule has 222 valence electrons. The van der Waals surface area contributed by atoms with Gasteiger partial charge in [-0.1, -0.05) is 62.7 Å². The Morgan fingerprint density at radius 2 is 1.66 bits per heavy atom. The van der Waals surface area contributed by atoms with E-state index >= 15 is 0 Å². The molecule has 0 fully saturated rings. The second-order valence-electron chi connectivity index (χ2n) is 10.5. The van der Waals surface area contributed by atoms with Crippen LogP contribution in [0, 0.1) is 5.92 Å². The summed E-state index contributed by atoms with van der Waals surface area (Å²) in [6.45, 7) is 4.00. The number of nitrogens with one attached hydrogen (secondary N) is 2. The molecule has 41 heavy (non-hydrogen) atoms. The molecule has 0 aliphatic carbocycles. The molecule has 2 unspecified atom stereocenters. The van der Waals surface area contributed by atoms with Gasteiger partial charge in [0.15, 0.2) is 0 Å². The Balaban J connectivity index is 1.58. The highest BCUT2D eigenvalue weighted by Crippen LogP contribution is 2.23. The van der Waals surface area contributed by atoms with E-state index in [1.165, 1.54) is 28.6 Å². The molecule has 11 heteroatoms. The zero-order valence-electron chi connectivity index (χ0n) is 23.5. The van der Waals surface area contributed by atoms with Gasteiger partial charge in [-0.05, 0) is 59.4 Å². The molecule has 6 N–H and O–H groups in total. The van der Waals surface area contributed by atoms with Crippen LogP contribution in [0.15, 0.2) is 71.6 Å². The van der Waals surface area contributed by atoms with Crippen LogP contribution in [-0.4, -0.2) is 66.7 Å². The highest BCUT2D eigenvalue weighted by atomic mass is 32.2. The van der Waals surface area contributed by atoms with Crippen molar-refractivity contribution in [2.75, 3.05) is 25.4 Å². The molecule has 3 aromatic rings. The first-order chi connectivity index (χ1) is 19.5. The lowest BCUT2D eigenvalue weighted by molar-refractivity contribution is -0.123. The molecule has 0 radical (unpaired) electrons.